The Morgan fingerprint density at radius 3 is 2.80 bits per heavy atom. The monoisotopic (exact) mass is 272 g/mol. The number of nitrogens with one attached hydrogen (secondary N) is 1. The standard InChI is InChI=1S/C14H12N2O4/c1-9-11(7-8-20-9)14(19)16-12-4-2-3-10(15-12)5-6-13(17)18/h2-8H,1H3,(H,17,18)(H,15,16,19). The number of aliphatic carboxylic acids is 1. The first-order valence-corrected chi connectivity index (χ1v) is 5.80. The smallest absolute Gasteiger partial charge is 0.328 e. The van der Waals surface area contributed by atoms with E-state index in [1.807, 2.05) is 0 Å². The fourth-order valence-electron chi connectivity index (χ4n) is 1.57. The molecular weight excluding hydrogens is 260 g/mol. The Morgan fingerprint density at radius 2 is 2.15 bits per heavy atom. The van der Waals surface area contributed by atoms with Crippen LogP contribution in [-0.2, 0) is 4.79 Å². The summed E-state index contributed by atoms with van der Waals surface area (Å²) in [6, 6.07) is 6.49. The second-order valence-corrected chi connectivity index (χ2v) is 3.96. The van der Waals surface area contributed by atoms with Gasteiger partial charge >= 0.3 is 5.97 Å². The van der Waals surface area contributed by atoms with Crippen molar-refractivity contribution in [2.45, 2.75) is 6.92 Å². The summed E-state index contributed by atoms with van der Waals surface area (Å²) < 4.78 is 5.05. The molecule has 0 aromatic carbocycles. The van der Waals surface area contributed by atoms with Gasteiger partial charge in [0, 0.05) is 6.08 Å². The van der Waals surface area contributed by atoms with Crippen LogP contribution < -0.4 is 5.32 Å². The second kappa shape index (κ2) is 5.83. The third-order valence-corrected chi connectivity index (χ3v) is 2.51. The lowest BCUT2D eigenvalue weighted by molar-refractivity contribution is -0.131. The Balaban J connectivity index is 2.14. The van der Waals surface area contributed by atoms with E-state index in [1.165, 1.54) is 12.3 Å². The van der Waals surface area contributed by atoms with Crippen LogP contribution in [0.15, 0.2) is 41.0 Å². The molecule has 0 saturated carbocycles. The Hall–Kier alpha value is -2.89. The van der Waals surface area contributed by atoms with Crippen molar-refractivity contribution in [2.75, 3.05) is 5.32 Å². The minimum atomic E-state index is -1.06. The Labute approximate surface area is 114 Å². The van der Waals surface area contributed by atoms with Crippen LogP contribution in [0.2, 0.25) is 0 Å². The van der Waals surface area contributed by atoms with Crippen LogP contribution in [0, 0.1) is 6.92 Å². The predicted octanol–water partition coefficient (Wildman–Crippen LogP) is 2.33. The van der Waals surface area contributed by atoms with E-state index >= 15 is 0 Å². The molecule has 6 nitrogen and oxygen atoms in total. The number of furan rings is 1. The van der Waals surface area contributed by atoms with Crippen LogP contribution >= 0.6 is 0 Å². The number of pyridine rings is 1. The molecule has 6 heteroatoms. The van der Waals surface area contributed by atoms with Crippen LogP contribution in [0.5, 0.6) is 0 Å². The molecule has 102 valence electrons. The van der Waals surface area contributed by atoms with Crippen molar-refractivity contribution < 1.29 is 19.1 Å². The quantitative estimate of drug-likeness (QED) is 0.833. The highest BCUT2D eigenvalue weighted by Gasteiger charge is 2.11. The predicted molar refractivity (Wildman–Crippen MR) is 72.3 cm³/mol. The highest BCUT2D eigenvalue weighted by Crippen LogP contribution is 2.12. The van der Waals surface area contributed by atoms with Gasteiger partial charge in [-0.15, -0.1) is 0 Å². The second-order valence-electron chi connectivity index (χ2n) is 3.96. The van der Waals surface area contributed by atoms with Gasteiger partial charge < -0.3 is 14.8 Å². The first-order valence-electron chi connectivity index (χ1n) is 5.80. The van der Waals surface area contributed by atoms with E-state index in [2.05, 4.69) is 10.3 Å². The van der Waals surface area contributed by atoms with Crippen molar-refractivity contribution in [3.63, 3.8) is 0 Å². The number of nitrogens with zero attached hydrogens (tertiary/aromatic N) is 1. The van der Waals surface area contributed by atoms with Gasteiger partial charge in [-0.2, -0.15) is 0 Å². The molecule has 2 aromatic heterocycles. The number of aromatic nitrogens is 1. The van der Waals surface area contributed by atoms with E-state index in [-0.39, 0.29) is 5.91 Å². The molecule has 0 aliphatic heterocycles. The molecular formula is C14H12N2O4. The average molecular weight is 272 g/mol. The summed E-state index contributed by atoms with van der Waals surface area (Å²) >= 11 is 0. The molecule has 2 rings (SSSR count). The highest BCUT2D eigenvalue weighted by molar-refractivity contribution is 6.04. The topological polar surface area (TPSA) is 92.4 Å². The van der Waals surface area contributed by atoms with Crippen LogP contribution in [0.3, 0.4) is 0 Å². The highest BCUT2D eigenvalue weighted by atomic mass is 16.4. The maximum atomic E-state index is 12.0. The molecule has 0 saturated heterocycles. The van der Waals surface area contributed by atoms with Crippen LogP contribution in [0.4, 0.5) is 5.82 Å². The fourth-order valence-corrected chi connectivity index (χ4v) is 1.57. The summed E-state index contributed by atoms with van der Waals surface area (Å²) in [6.07, 6.45) is 3.76. The lowest BCUT2D eigenvalue weighted by Gasteiger charge is -2.04. The third-order valence-electron chi connectivity index (χ3n) is 2.51. The third kappa shape index (κ3) is 3.32. The maximum Gasteiger partial charge on any atom is 0.328 e. The van der Waals surface area contributed by atoms with E-state index < -0.39 is 5.97 Å². The lowest BCUT2D eigenvalue weighted by atomic mass is 10.2. The fraction of sp³-hybridized carbons (Fsp3) is 0.0714. The molecule has 0 fully saturated rings. The number of anilines is 1. The molecule has 2 heterocycles. The summed E-state index contributed by atoms with van der Waals surface area (Å²) in [7, 11) is 0. The van der Waals surface area contributed by atoms with E-state index in [0.29, 0.717) is 22.8 Å². The van der Waals surface area contributed by atoms with Gasteiger partial charge in [0.05, 0.1) is 17.5 Å². The molecule has 0 spiro atoms. The number of hydrogen-bond acceptors (Lipinski definition) is 4. The summed E-state index contributed by atoms with van der Waals surface area (Å²) in [5.41, 5.74) is 0.868. The summed E-state index contributed by atoms with van der Waals surface area (Å²) in [4.78, 5) is 26.5. The minimum absolute atomic E-state index is 0.330. The Bertz CT molecular complexity index is 673. The number of carbonyl (C=O) groups excluding carboxylic acids is 1. The zero-order valence-electron chi connectivity index (χ0n) is 10.7. The lowest BCUT2D eigenvalue weighted by Crippen LogP contribution is -2.13. The van der Waals surface area contributed by atoms with Gasteiger partial charge in [-0.25, -0.2) is 9.78 Å². The van der Waals surface area contributed by atoms with Gasteiger partial charge in [-0.3, -0.25) is 4.79 Å². The van der Waals surface area contributed by atoms with E-state index in [9.17, 15) is 9.59 Å². The maximum absolute atomic E-state index is 12.0. The molecule has 0 atom stereocenters. The first kappa shape index (κ1) is 13.5. The zero-order chi connectivity index (χ0) is 14.5. The number of aryl methyl sites for hydroxylation is 1. The van der Waals surface area contributed by atoms with E-state index in [1.54, 1.807) is 31.2 Å². The minimum Gasteiger partial charge on any atom is -0.478 e. The molecule has 1 amide bonds. The SMILES string of the molecule is Cc1occc1C(=O)Nc1cccc(C=CC(=O)O)n1. The van der Waals surface area contributed by atoms with Crippen LogP contribution in [0.25, 0.3) is 6.08 Å². The molecule has 2 N–H and O–H groups in total. The molecule has 0 radical (unpaired) electrons. The van der Waals surface area contributed by atoms with Crippen molar-refractivity contribution in [2.24, 2.45) is 0 Å². The van der Waals surface area contributed by atoms with Gasteiger partial charge in [0.15, 0.2) is 0 Å². The van der Waals surface area contributed by atoms with E-state index in [0.717, 1.165) is 6.08 Å². The summed E-state index contributed by atoms with van der Waals surface area (Å²) in [6.45, 7) is 1.69. The van der Waals surface area contributed by atoms with Gasteiger partial charge in [0.1, 0.15) is 11.6 Å². The first-order chi connectivity index (χ1) is 9.56. The number of rotatable bonds is 4. The van der Waals surface area contributed by atoms with Crippen molar-refractivity contribution in [3.05, 3.63) is 53.6 Å². The molecule has 2 aromatic rings. The van der Waals surface area contributed by atoms with Gasteiger partial charge in [0.25, 0.3) is 5.91 Å². The zero-order valence-corrected chi connectivity index (χ0v) is 10.7. The summed E-state index contributed by atoms with van der Waals surface area (Å²) in [5.74, 6) is -0.536. The number of amides is 1. The van der Waals surface area contributed by atoms with Crippen molar-refractivity contribution >= 4 is 23.8 Å². The van der Waals surface area contributed by atoms with E-state index in [4.69, 9.17) is 9.52 Å². The number of carbonyl (C=O) groups is 2. The van der Waals surface area contributed by atoms with Gasteiger partial charge in [-0.1, -0.05) is 6.07 Å². The number of hydrogen-bond donors (Lipinski definition) is 2. The molecule has 0 bridgehead atoms. The molecule has 0 aliphatic carbocycles. The normalized spacial score (nSPS) is 10.7. The van der Waals surface area contributed by atoms with Gasteiger partial charge in [0.2, 0.25) is 0 Å². The largest absolute Gasteiger partial charge is 0.478 e. The van der Waals surface area contributed by atoms with Gasteiger partial charge in [-0.05, 0) is 31.2 Å². The van der Waals surface area contributed by atoms with Crippen molar-refractivity contribution in [1.29, 1.82) is 0 Å². The van der Waals surface area contributed by atoms with Crippen molar-refractivity contribution in [3.8, 4) is 0 Å². The average Bonchev–Trinajstić information content (AvgIpc) is 2.83. The Kier molecular flexibility index (Phi) is 3.95. The van der Waals surface area contributed by atoms with Crippen LogP contribution in [0.1, 0.15) is 21.8 Å². The number of carboxylic acids is 1. The number of carboxylic acid groups (broad SMARTS) is 1. The summed E-state index contributed by atoms with van der Waals surface area (Å²) in [5, 5.41) is 11.2. The Morgan fingerprint density at radius 1 is 1.35 bits per heavy atom. The van der Waals surface area contributed by atoms with Crippen LogP contribution in [-0.4, -0.2) is 22.0 Å². The molecule has 0 aliphatic rings. The molecule has 20 heavy (non-hydrogen) atoms. The molecule has 0 unspecified atom stereocenters. The van der Waals surface area contributed by atoms with Crippen molar-refractivity contribution in [1.82, 2.24) is 4.98 Å².